The number of carbonyl (C=O) groups is 2. The summed E-state index contributed by atoms with van der Waals surface area (Å²) >= 11 is 5.89. The summed E-state index contributed by atoms with van der Waals surface area (Å²) in [7, 11) is 0. The van der Waals surface area contributed by atoms with Crippen LogP contribution in [0.4, 0.5) is 5.69 Å². The monoisotopic (exact) mass is 301 g/mol. The van der Waals surface area contributed by atoms with Gasteiger partial charge in [-0.2, -0.15) is 0 Å². The maximum Gasteiger partial charge on any atom is 0.342 e. The van der Waals surface area contributed by atoms with Crippen LogP contribution >= 0.6 is 11.6 Å². The van der Waals surface area contributed by atoms with Gasteiger partial charge in [-0.3, -0.25) is 14.9 Å². The minimum absolute atomic E-state index is 0.0739. The summed E-state index contributed by atoms with van der Waals surface area (Å²) in [6.45, 7) is 1.75. The molecule has 7 nitrogen and oxygen atoms in total. The number of hydrogen-bond donors (Lipinski definition) is 2. The molecule has 0 amide bonds. The largest absolute Gasteiger partial charge is 0.481 e. The lowest BCUT2D eigenvalue weighted by Gasteiger charge is -2.12. The van der Waals surface area contributed by atoms with Crippen LogP contribution in [0.5, 0.6) is 0 Å². The summed E-state index contributed by atoms with van der Waals surface area (Å²) in [5, 5.41) is 28.9. The Balaban J connectivity index is 3.69. The van der Waals surface area contributed by atoms with E-state index < -0.39 is 34.5 Å². The molecule has 0 unspecified atom stereocenters. The summed E-state index contributed by atoms with van der Waals surface area (Å²) < 4.78 is 0. The average molecular weight is 302 g/mol. The van der Waals surface area contributed by atoms with Crippen molar-refractivity contribution in [3.05, 3.63) is 37.9 Å². The molecule has 0 saturated heterocycles. The predicted molar refractivity (Wildman–Crippen MR) is 70.4 cm³/mol. The van der Waals surface area contributed by atoms with Gasteiger partial charge >= 0.3 is 11.9 Å². The Labute approximate surface area is 118 Å². The second-order valence-corrected chi connectivity index (χ2v) is 4.50. The minimum Gasteiger partial charge on any atom is -0.481 e. The fraction of sp³-hybridized carbons (Fsp3) is 0.333. The average Bonchev–Trinajstić information content (AvgIpc) is 2.32. The molecule has 0 saturated carbocycles. The van der Waals surface area contributed by atoms with Crippen molar-refractivity contribution in [2.75, 3.05) is 0 Å². The van der Waals surface area contributed by atoms with Crippen LogP contribution in [-0.2, 0) is 17.6 Å². The highest BCUT2D eigenvalue weighted by Gasteiger charge is 2.29. The fourth-order valence-corrected chi connectivity index (χ4v) is 2.26. The molecule has 0 bridgehead atoms. The highest BCUT2D eigenvalue weighted by Crippen LogP contribution is 2.34. The van der Waals surface area contributed by atoms with Crippen LogP contribution in [0.25, 0.3) is 0 Å². The number of carboxylic acid groups (broad SMARTS) is 2. The first-order chi connectivity index (χ1) is 9.29. The molecule has 108 valence electrons. The molecule has 1 rings (SSSR count). The van der Waals surface area contributed by atoms with E-state index in [-0.39, 0.29) is 22.6 Å². The molecule has 1 aromatic carbocycles. The van der Waals surface area contributed by atoms with Crippen molar-refractivity contribution in [1.29, 1.82) is 0 Å². The zero-order valence-corrected chi connectivity index (χ0v) is 11.3. The van der Waals surface area contributed by atoms with E-state index in [2.05, 4.69) is 0 Å². The molecular weight excluding hydrogens is 290 g/mol. The van der Waals surface area contributed by atoms with Crippen molar-refractivity contribution < 1.29 is 24.7 Å². The molecule has 0 aliphatic carbocycles. The summed E-state index contributed by atoms with van der Waals surface area (Å²) in [6, 6.07) is 0.930. The molecule has 0 radical (unpaired) electrons. The van der Waals surface area contributed by atoms with Crippen LogP contribution < -0.4 is 0 Å². The van der Waals surface area contributed by atoms with Crippen molar-refractivity contribution in [2.24, 2.45) is 0 Å². The second kappa shape index (κ2) is 6.33. The maximum atomic E-state index is 11.1. The Morgan fingerprint density at radius 1 is 1.35 bits per heavy atom. The molecule has 2 N–H and O–H groups in total. The van der Waals surface area contributed by atoms with Crippen LogP contribution in [0.15, 0.2) is 6.07 Å². The van der Waals surface area contributed by atoms with Crippen molar-refractivity contribution in [3.63, 3.8) is 0 Å². The number of rotatable bonds is 6. The molecule has 0 aromatic heterocycles. The van der Waals surface area contributed by atoms with E-state index in [0.717, 1.165) is 6.07 Å². The number of carboxylic acids is 2. The molecular formula is C12H12ClNO6. The molecule has 0 fully saturated rings. The SMILES string of the molecule is CCCc1c(CC(=O)O)c(Cl)cc(C(=O)O)c1[N+](=O)[O-]. The van der Waals surface area contributed by atoms with Crippen LogP contribution in [0.1, 0.15) is 34.8 Å². The third-order valence-corrected chi connectivity index (χ3v) is 3.04. The topological polar surface area (TPSA) is 118 Å². The van der Waals surface area contributed by atoms with E-state index in [4.69, 9.17) is 21.8 Å². The van der Waals surface area contributed by atoms with E-state index >= 15 is 0 Å². The second-order valence-electron chi connectivity index (χ2n) is 4.09. The zero-order valence-electron chi connectivity index (χ0n) is 10.6. The third kappa shape index (κ3) is 3.24. The number of nitrogens with zero attached hydrogens (tertiary/aromatic N) is 1. The first-order valence-corrected chi connectivity index (χ1v) is 6.11. The third-order valence-electron chi connectivity index (χ3n) is 2.71. The first-order valence-electron chi connectivity index (χ1n) is 5.73. The summed E-state index contributed by atoms with van der Waals surface area (Å²) in [4.78, 5) is 32.2. The lowest BCUT2D eigenvalue weighted by molar-refractivity contribution is -0.385. The van der Waals surface area contributed by atoms with Gasteiger partial charge in [-0.1, -0.05) is 24.9 Å². The number of hydrogen-bond acceptors (Lipinski definition) is 4. The summed E-state index contributed by atoms with van der Waals surface area (Å²) in [6.07, 6.45) is 0.182. The van der Waals surface area contributed by atoms with Gasteiger partial charge in [0.15, 0.2) is 0 Å². The van der Waals surface area contributed by atoms with Crippen molar-refractivity contribution in [1.82, 2.24) is 0 Å². The summed E-state index contributed by atoms with van der Waals surface area (Å²) in [5.41, 5.74) is -0.944. The van der Waals surface area contributed by atoms with Crippen LogP contribution in [0, 0.1) is 10.1 Å². The maximum absolute atomic E-state index is 11.1. The summed E-state index contributed by atoms with van der Waals surface area (Å²) in [5.74, 6) is -2.67. The lowest BCUT2D eigenvalue weighted by Crippen LogP contribution is -2.12. The van der Waals surface area contributed by atoms with Crippen LogP contribution in [0.3, 0.4) is 0 Å². The fourth-order valence-electron chi connectivity index (χ4n) is 1.97. The van der Waals surface area contributed by atoms with Crippen LogP contribution in [-0.4, -0.2) is 27.1 Å². The number of aliphatic carboxylic acids is 1. The van der Waals surface area contributed by atoms with E-state index in [0.29, 0.717) is 6.42 Å². The Hall–Kier alpha value is -2.15. The van der Waals surface area contributed by atoms with Gasteiger partial charge in [0.25, 0.3) is 5.69 Å². The van der Waals surface area contributed by atoms with Gasteiger partial charge in [-0.15, -0.1) is 0 Å². The molecule has 0 heterocycles. The number of benzene rings is 1. The van der Waals surface area contributed by atoms with E-state index in [9.17, 15) is 19.7 Å². The predicted octanol–water partition coefficient (Wildman–Crippen LogP) is 2.53. The Kier molecular flexibility index (Phi) is 5.04. The Morgan fingerprint density at radius 3 is 2.35 bits per heavy atom. The molecule has 0 aliphatic rings. The van der Waals surface area contributed by atoms with Gasteiger partial charge in [-0.05, 0) is 18.1 Å². The van der Waals surface area contributed by atoms with Crippen molar-refractivity contribution >= 4 is 29.2 Å². The van der Waals surface area contributed by atoms with Gasteiger partial charge in [0.1, 0.15) is 5.56 Å². The molecule has 1 aromatic rings. The number of halogens is 1. The molecule has 8 heteroatoms. The van der Waals surface area contributed by atoms with Gasteiger partial charge < -0.3 is 10.2 Å². The number of aromatic carboxylic acids is 1. The minimum atomic E-state index is -1.47. The van der Waals surface area contributed by atoms with Gasteiger partial charge in [0, 0.05) is 10.6 Å². The zero-order chi connectivity index (χ0) is 15.4. The Morgan fingerprint density at radius 2 is 1.95 bits per heavy atom. The number of nitro groups is 1. The first kappa shape index (κ1) is 15.9. The molecule has 20 heavy (non-hydrogen) atoms. The van der Waals surface area contributed by atoms with Crippen molar-refractivity contribution in [2.45, 2.75) is 26.2 Å². The van der Waals surface area contributed by atoms with Gasteiger partial charge in [-0.25, -0.2) is 4.79 Å². The quantitative estimate of drug-likeness (QED) is 0.615. The standard InChI is InChI=1S/C12H12ClNO6/c1-2-3-6-7(5-10(15)16)9(13)4-8(12(17)18)11(6)14(19)20/h4H,2-3,5H2,1H3,(H,15,16)(H,17,18). The van der Waals surface area contributed by atoms with Crippen molar-refractivity contribution in [3.8, 4) is 0 Å². The normalized spacial score (nSPS) is 10.3. The van der Waals surface area contributed by atoms with E-state index in [1.165, 1.54) is 0 Å². The molecule has 0 aliphatic heterocycles. The van der Waals surface area contributed by atoms with Crippen LogP contribution in [0.2, 0.25) is 5.02 Å². The highest BCUT2D eigenvalue weighted by atomic mass is 35.5. The smallest absolute Gasteiger partial charge is 0.342 e. The van der Waals surface area contributed by atoms with E-state index in [1.807, 2.05) is 0 Å². The van der Waals surface area contributed by atoms with Gasteiger partial charge in [0.2, 0.25) is 0 Å². The van der Waals surface area contributed by atoms with Gasteiger partial charge in [0.05, 0.1) is 11.3 Å². The number of nitro benzene ring substituents is 1. The lowest BCUT2D eigenvalue weighted by atomic mass is 9.95. The molecule has 0 atom stereocenters. The van der Waals surface area contributed by atoms with E-state index in [1.54, 1.807) is 6.92 Å². The molecule has 0 spiro atoms. The highest BCUT2D eigenvalue weighted by molar-refractivity contribution is 6.32. The Bertz CT molecular complexity index is 584.